The van der Waals surface area contributed by atoms with Crippen LogP contribution in [0.1, 0.15) is 100 Å². The van der Waals surface area contributed by atoms with Crippen LogP contribution in [0.3, 0.4) is 0 Å². The first-order valence-corrected chi connectivity index (χ1v) is 46.7. The van der Waals surface area contributed by atoms with Crippen LogP contribution in [-0.4, -0.2) is 105 Å². The Morgan fingerprint density at radius 1 is 0.318 bits per heavy atom. The van der Waals surface area contributed by atoms with Crippen molar-refractivity contribution in [2.45, 2.75) is 113 Å². The van der Waals surface area contributed by atoms with Gasteiger partial charge < -0.3 is 28.7 Å². The smallest absolute Gasteiger partial charge is 0.196 e. The molecule has 28 nitrogen and oxygen atoms in total. The molecule has 10 aromatic carbocycles. The number of hydrogen-bond acceptors (Lipinski definition) is 21. The van der Waals surface area contributed by atoms with Crippen molar-refractivity contribution in [2.75, 3.05) is 28.7 Å². The van der Waals surface area contributed by atoms with Crippen LogP contribution in [0.2, 0.25) is 0 Å². The van der Waals surface area contributed by atoms with Crippen LogP contribution >= 0.6 is 0 Å². The van der Waals surface area contributed by atoms with E-state index in [-0.39, 0.29) is 138 Å². The fourth-order valence-corrected chi connectivity index (χ4v) is 17.8. The first-order chi connectivity index (χ1) is 71.2. The van der Waals surface area contributed by atoms with Crippen LogP contribution in [0, 0.1) is 102 Å². The summed E-state index contributed by atoms with van der Waals surface area (Å²) < 4.78 is 71.0. The Bertz CT molecular complexity index is 8450. The average molecular weight is 1980 g/mol. The SMILES string of the molecule is Cc1cc(C#N)c(F)c(CC(=O)Cc2ccc(-c3cccc4[nH]nc(N)c34)nc2)c1.Cc1cc(C)c(F)c(CC(=O)Cc2ccc(-c3cccc4[nH]nc(N)c34)cn2)c1.Cc1cc(F)c(CC(=O)Cc2ccc(-c3cccc4[nH]nc(N)c34)nc2)cc1C.[C-]#[N+]c1c(C)ccc(F)c1CC(=O)Cc1ccc(-c2cccc3[nH]nc(N)c23)cn1.[C-]#[N+]c1c(C)ccc(F)c1CC(=O)Cc1ccc(-c2cccc3[nH]nc(N)c23)nc1. The maximum Gasteiger partial charge on any atom is 0.196 e. The monoisotopic (exact) mass is 1970 g/mol. The van der Waals surface area contributed by atoms with E-state index in [0.717, 1.165) is 133 Å². The summed E-state index contributed by atoms with van der Waals surface area (Å²) in [7, 11) is 0. The van der Waals surface area contributed by atoms with E-state index in [1.54, 1.807) is 101 Å². The summed E-state index contributed by atoms with van der Waals surface area (Å²) in [5.74, 6) is -0.921. The van der Waals surface area contributed by atoms with Gasteiger partial charge in [-0.3, -0.25) is 74.4 Å². The summed E-state index contributed by atoms with van der Waals surface area (Å²) >= 11 is 0. The number of pyridine rings is 5. The van der Waals surface area contributed by atoms with E-state index >= 15 is 0 Å². The van der Waals surface area contributed by atoms with Crippen LogP contribution in [-0.2, 0) is 88.2 Å². The molecule has 0 saturated carbocycles. The third-order valence-electron chi connectivity index (χ3n) is 25.2. The number of Topliss-reactive ketones (excluding diaryl/α,β-unsaturated/α-hetero) is 5. The van der Waals surface area contributed by atoms with Crippen molar-refractivity contribution in [3.63, 3.8) is 0 Å². The van der Waals surface area contributed by atoms with E-state index < -0.39 is 17.5 Å². The molecule has 0 aliphatic heterocycles. The highest BCUT2D eigenvalue weighted by molar-refractivity contribution is 6.05. The predicted octanol–water partition coefficient (Wildman–Crippen LogP) is 21.6. The molecule has 10 aromatic heterocycles. The second-order valence-corrected chi connectivity index (χ2v) is 36.0. The van der Waals surface area contributed by atoms with E-state index in [4.69, 9.17) is 47.1 Å². The highest BCUT2D eigenvalue weighted by Crippen LogP contribution is 2.39. The lowest BCUT2D eigenvalue weighted by molar-refractivity contribution is -0.118. The van der Waals surface area contributed by atoms with Crippen LogP contribution in [0.5, 0.6) is 0 Å². The maximum atomic E-state index is 14.3. The molecule has 0 aliphatic carbocycles. The molecule has 0 fully saturated rings. The molecule has 33 heteroatoms. The van der Waals surface area contributed by atoms with Gasteiger partial charge in [-0.15, -0.1) is 0 Å². The number of aryl methyl sites for hydroxylation is 7. The largest absolute Gasteiger partial charge is 0.382 e. The maximum absolute atomic E-state index is 14.3. The molecule has 15 N–H and O–H groups in total. The summed E-state index contributed by atoms with van der Waals surface area (Å²) in [6.45, 7) is 27.2. The number of H-pyrrole nitrogens is 5. The van der Waals surface area contributed by atoms with Crippen LogP contribution in [0.15, 0.2) is 243 Å². The third-order valence-corrected chi connectivity index (χ3v) is 25.2. The number of nitrogens with zero attached hydrogens (tertiary/aromatic N) is 13. The van der Waals surface area contributed by atoms with E-state index in [9.17, 15) is 45.9 Å². The highest BCUT2D eigenvalue weighted by atomic mass is 19.1. The van der Waals surface area contributed by atoms with Crippen LogP contribution < -0.4 is 28.7 Å². The molecule has 20 aromatic rings. The van der Waals surface area contributed by atoms with Crippen molar-refractivity contribution in [3.8, 4) is 62.1 Å². The number of nitrogen functional groups attached to an aromatic ring is 5. The second kappa shape index (κ2) is 44.9. The van der Waals surface area contributed by atoms with Gasteiger partial charge in [-0.2, -0.15) is 30.8 Å². The molecule has 148 heavy (non-hydrogen) atoms. The Hall–Kier alpha value is -19.2. The molecule has 0 radical (unpaired) electrons. The Kier molecular flexibility index (Phi) is 30.9. The van der Waals surface area contributed by atoms with Crippen molar-refractivity contribution in [3.05, 3.63) is 396 Å². The first-order valence-electron chi connectivity index (χ1n) is 46.7. The van der Waals surface area contributed by atoms with Gasteiger partial charge in [0.1, 0.15) is 64.1 Å². The number of anilines is 5. The van der Waals surface area contributed by atoms with Crippen molar-refractivity contribution >= 4 is 124 Å². The quantitative estimate of drug-likeness (QED) is 0.0188. The summed E-state index contributed by atoms with van der Waals surface area (Å²) in [5.41, 5.74) is 53.0. The zero-order valence-corrected chi connectivity index (χ0v) is 81.3. The van der Waals surface area contributed by atoms with Gasteiger partial charge in [0.25, 0.3) is 0 Å². The number of benzene rings is 10. The van der Waals surface area contributed by atoms with Crippen molar-refractivity contribution < 1.29 is 45.9 Å². The molecule has 10 heterocycles. The number of ketones is 5. The van der Waals surface area contributed by atoms with Gasteiger partial charge in [-0.05, 0) is 211 Å². The fraction of sp³-hybridized carbons (Fsp3) is 0.148. The Balaban J connectivity index is 0.000000132. The van der Waals surface area contributed by atoms with E-state index in [0.29, 0.717) is 85.2 Å². The van der Waals surface area contributed by atoms with Gasteiger partial charge in [0.15, 0.2) is 40.5 Å². The number of halogens is 5. The van der Waals surface area contributed by atoms with E-state index in [1.165, 1.54) is 24.3 Å². The zero-order chi connectivity index (χ0) is 105. The number of carbonyl (C=O) groups is 5. The molecule has 20 rings (SSSR count). The predicted molar refractivity (Wildman–Crippen MR) is 563 cm³/mol. The number of hydrogen-bond donors (Lipinski definition) is 10. The van der Waals surface area contributed by atoms with Gasteiger partial charge in [-0.1, -0.05) is 133 Å². The number of aromatic amines is 5. The van der Waals surface area contributed by atoms with Crippen molar-refractivity contribution in [1.29, 1.82) is 5.26 Å². The Morgan fingerprint density at radius 2 is 0.649 bits per heavy atom. The summed E-state index contributed by atoms with van der Waals surface area (Å²) in [5, 5.41) is 47.8. The minimum absolute atomic E-state index is 0.0449. The summed E-state index contributed by atoms with van der Waals surface area (Å²) in [6, 6.07) is 64.3. The lowest BCUT2D eigenvalue weighted by Crippen LogP contribution is -2.10. The summed E-state index contributed by atoms with van der Waals surface area (Å²) in [6.07, 6.45) is 8.79. The fourth-order valence-electron chi connectivity index (χ4n) is 17.8. The number of nitrogens with one attached hydrogen (secondary N) is 5. The van der Waals surface area contributed by atoms with Gasteiger partial charge in [0.05, 0.1) is 90.3 Å². The topological polar surface area (TPSA) is 456 Å². The molecule has 0 atom stereocenters. The van der Waals surface area contributed by atoms with Crippen molar-refractivity contribution in [1.82, 2.24) is 75.9 Å². The number of nitrogens with two attached hydrogens (primary N) is 5. The van der Waals surface area contributed by atoms with Gasteiger partial charge in [-0.25, -0.2) is 31.6 Å². The van der Waals surface area contributed by atoms with Gasteiger partial charge in [0.2, 0.25) is 0 Å². The standard InChI is InChI=1S/3C23H18FN5O.2C23H21FN4O/c1-13-6-9-19(24)18(22(13)26-2)11-16(30)10-15-8-7-14(12-27-15)17-4-3-5-20-21(17)23(25)29-28-20;1-13-6-8-18(24)17(22(13)26-2)11-15(30)10-14-7-9-19(27-12-14)16-4-3-5-20-21(16)23(25)29-28-20;1-13-7-15(22(24)16(8-13)11-25)10-17(30)9-14-5-6-19(27-12-14)18-3-2-4-20-21(18)23(26)29-28-20;1-13-8-16(19(24)9-14(13)2)11-17(29)10-15-6-7-20(26-12-15)18-4-3-5-21-22(18)23(25)28-27-21;1-13-8-14(2)22(24)16(9-13)10-18(29)11-17-7-6-15(12-26-17)19-4-3-5-20-21(19)23(25)28-27-20/h2*3-9,12H,10-11H2,1H3,(H3,25,28,29);2-8,12H,9-10H2,1H3,(H3,26,28,29);2*3-9,12H,10-11H2,1-2H3,(H3,25,27,28). The molecule has 0 unspecified atom stereocenters. The van der Waals surface area contributed by atoms with E-state index in [1.807, 2.05) is 172 Å². The lowest BCUT2D eigenvalue weighted by Gasteiger charge is -2.08. The number of fused-ring (bicyclic) bond motifs is 5. The third kappa shape index (κ3) is 23.2. The molecular formula is C115H96F5N23O5. The molecule has 736 valence electrons. The molecule has 0 saturated heterocycles. The molecule has 0 spiro atoms. The Morgan fingerprint density at radius 3 is 1.00 bits per heavy atom. The number of nitriles is 1. The number of rotatable bonds is 25. The average Bonchev–Trinajstić information content (AvgIpc) is 1.66. The second-order valence-electron chi connectivity index (χ2n) is 36.0. The molecule has 0 aliphatic rings. The Labute approximate surface area is 845 Å². The van der Waals surface area contributed by atoms with Gasteiger partial charge in [0, 0.05) is 146 Å². The van der Waals surface area contributed by atoms with Crippen LogP contribution in [0.4, 0.5) is 62.4 Å². The number of aromatic nitrogens is 15. The van der Waals surface area contributed by atoms with Crippen LogP contribution in [0.25, 0.3) is 120 Å². The minimum Gasteiger partial charge on any atom is -0.382 e. The zero-order valence-electron chi connectivity index (χ0n) is 81.3. The molecule has 0 amide bonds. The highest BCUT2D eigenvalue weighted by Gasteiger charge is 2.25. The van der Waals surface area contributed by atoms with Gasteiger partial charge >= 0.3 is 0 Å². The van der Waals surface area contributed by atoms with Crippen molar-refractivity contribution in [2.24, 2.45) is 0 Å². The normalized spacial score (nSPS) is 11.0. The molecule has 0 bridgehead atoms. The minimum atomic E-state index is -0.629. The van der Waals surface area contributed by atoms with E-state index in [2.05, 4.69) is 85.6 Å². The summed E-state index contributed by atoms with van der Waals surface area (Å²) in [4.78, 5) is 91.5. The lowest BCUT2D eigenvalue weighted by atomic mass is 9.99. The first kappa shape index (κ1) is 102. The number of carbonyl (C=O) groups excluding carboxylic acids is 5. The molecular weight excluding hydrogens is 1880 g/mol.